The van der Waals surface area contributed by atoms with Crippen LogP contribution in [0.5, 0.6) is 5.75 Å². The number of fused-ring (bicyclic) bond motifs is 2. The molecule has 14 nitrogen and oxygen atoms in total. The number of carbonyl (C=O) groups is 3. The van der Waals surface area contributed by atoms with E-state index in [4.69, 9.17) is 4.74 Å². The molecule has 10 rings (SSSR count). The number of amides is 2. The Bertz CT molecular complexity index is 2320. The summed E-state index contributed by atoms with van der Waals surface area (Å²) in [5.41, 5.74) is 1.40. The van der Waals surface area contributed by atoms with Gasteiger partial charge in [0.05, 0.1) is 16.9 Å². The Labute approximate surface area is 354 Å². The van der Waals surface area contributed by atoms with Crippen molar-refractivity contribution in [3.05, 3.63) is 59.7 Å². The number of halogens is 2. The average molecular weight is 837 g/mol. The molecule has 0 radical (unpaired) electrons. The molecule has 61 heavy (non-hydrogen) atoms. The molecule has 2 aromatic carbocycles. The highest BCUT2D eigenvalue weighted by atomic mass is 19.1. The van der Waals surface area contributed by atoms with Gasteiger partial charge in [-0.05, 0) is 93.7 Å². The second-order valence-electron chi connectivity index (χ2n) is 18.6. The fourth-order valence-corrected chi connectivity index (χ4v) is 10.1. The number of aromatic amines is 1. The van der Waals surface area contributed by atoms with Gasteiger partial charge in [-0.2, -0.15) is 5.10 Å². The van der Waals surface area contributed by atoms with Crippen LogP contribution in [0.3, 0.4) is 0 Å². The second kappa shape index (κ2) is 15.6. The molecule has 1 unspecified atom stereocenters. The number of alkyl halides is 1. The van der Waals surface area contributed by atoms with Gasteiger partial charge in [0.2, 0.25) is 5.91 Å². The van der Waals surface area contributed by atoms with E-state index < -0.39 is 22.9 Å². The SMILES string of the molecule is CC1(Oc2ccc3[nH]nc(-c4cc(N5CCC(CN6CCC(F)(CN7CCN(c8cc9c(cc8F)C(=O)N(C8(C=O)CCC(=O)NC8)C9)CC7)CC6)CC5)ncn4)c3c2)CC1. The summed E-state index contributed by atoms with van der Waals surface area (Å²) in [6.45, 7) is 9.33. The van der Waals surface area contributed by atoms with Crippen LogP contribution in [-0.4, -0.2) is 142 Å². The zero-order valence-electron chi connectivity index (χ0n) is 34.8. The predicted octanol–water partition coefficient (Wildman–Crippen LogP) is 4.74. The highest BCUT2D eigenvalue weighted by Gasteiger charge is 2.47. The van der Waals surface area contributed by atoms with Crippen molar-refractivity contribution in [1.82, 2.24) is 40.2 Å². The Balaban J connectivity index is 0.683. The number of aldehydes is 1. The summed E-state index contributed by atoms with van der Waals surface area (Å²) in [5, 5.41) is 11.4. The van der Waals surface area contributed by atoms with Crippen molar-refractivity contribution in [3.8, 4) is 17.1 Å². The summed E-state index contributed by atoms with van der Waals surface area (Å²) in [5.74, 6) is 1.27. The van der Waals surface area contributed by atoms with Gasteiger partial charge in [-0.15, -0.1) is 0 Å². The molecule has 1 atom stereocenters. The molecular formula is C45H54F2N10O4. The summed E-state index contributed by atoms with van der Waals surface area (Å²) in [6, 6.07) is 11.1. The van der Waals surface area contributed by atoms with E-state index >= 15 is 8.78 Å². The molecule has 0 spiro atoms. The number of aromatic nitrogens is 4. The van der Waals surface area contributed by atoms with Crippen molar-refractivity contribution >= 4 is 40.5 Å². The number of H-pyrrole nitrogens is 1. The van der Waals surface area contributed by atoms with E-state index in [0.29, 0.717) is 62.7 Å². The normalized spacial score (nSPS) is 24.5. The summed E-state index contributed by atoms with van der Waals surface area (Å²) < 4.78 is 38.1. The predicted molar refractivity (Wildman–Crippen MR) is 226 cm³/mol. The van der Waals surface area contributed by atoms with Gasteiger partial charge in [0.25, 0.3) is 5.91 Å². The molecule has 4 aromatic rings. The topological polar surface area (TPSA) is 143 Å². The maximum atomic E-state index is 16.3. The lowest BCUT2D eigenvalue weighted by Crippen LogP contribution is -2.60. The van der Waals surface area contributed by atoms with Crippen LogP contribution in [0, 0.1) is 11.7 Å². The molecule has 322 valence electrons. The lowest BCUT2D eigenvalue weighted by atomic mass is 9.89. The molecular weight excluding hydrogens is 783 g/mol. The van der Waals surface area contributed by atoms with Gasteiger partial charge < -0.3 is 34.4 Å². The van der Waals surface area contributed by atoms with E-state index in [1.54, 1.807) is 12.4 Å². The fraction of sp³-hybridized carbons (Fsp3) is 0.556. The zero-order chi connectivity index (χ0) is 41.9. The van der Waals surface area contributed by atoms with Gasteiger partial charge in [0, 0.05) is 102 Å². The number of hydrogen-bond donors (Lipinski definition) is 2. The number of benzene rings is 2. The Morgan fingerprint density at radius 3 is 2.41 bits per heavy atom. The number of carbonyl (C=O) groups excluding carboxylic acids is 3. The van der Waals surface area contributed by atoms with Crippen LogP contribution in [-0.2, 0) is 16.1 Å². The maximum Gasteiger partial charge on any atom is 0.255 e. The van der Waals surface area contributed by atoms with Crippen molar-refractivity contribution in [2.45, 2.75) is 81.6 Å². The van der Waals surface area contributed by atoms with Gasteiger partial charge in [-0.25, -0.2) is 18.7 Å². The number of ether oxygens (including phenoxy) is 1. The Kier molecular flexibility index (Phi) is 10.2. The monoisotopic (exact) mass is 836 g/mol. The largest absolute Gasteiger partial charge is 0.488 e. The van der Waals surface area contributed by atoms with Crippen LogP contribution in [0.15, 0.2) is 42.7 Å². The Morgan fingerprint density at radius 1 is 0.902 bits per heavy atom. The van der Waals surface area contributed by atoms with Gasteiger partial charge in [-0.3, -0.25) is 19.6 Å². The zero-order valence-corrected chi connectivity index (χ0v) is 34.8. The van der Waals surface area contributed by atoms with Crippen molar-refractivity contribution in [2.75, 3.05) is 81.8 Å². The molecule has 1 saturated carbocycles. The van der Waals surface area contributed by atoms with Crippen molar-refractivity contribution in [3.63, 3.8) is 0 Å². The third-order valence-electron chi connectivity index (χ3n) is 14.3. The third-order valence-corrected chi connectivity index (χ3v) is 14.3. The van der Waals surface area contributed by atoms with Gasteiger partial charge in [0.15, 0.2) is 0 Å². The maximum absolute atomic E-state index is 16.3. The van der Waals surface area contributed by atoms with E-state index in [1.807, 2.05) is 23.1 Å². The number of nitrogens with zero attached hydrogens (tertiary/aromatic N) is 8. The van der Waals surface area contributed by atoms with Crippen molar-refractivity contribution in [2.24, 2.45) is 5.92 Å². The number of rotatable bonds is 11. The molecule has 7 heterocycles. The lowest BCUT2D eigenvalue weighted by Gasteiger charge is -2.43. The summed E-state index contributed by atoms with van der Waals surface area (Å²) in [7, 11) is 0. The number of piperidine rings is 3. The molecule has 6 aliphatic rings. The first-order valence-corrected chi connectivity index (χ1v) is 22.0. The van der Waals surface area contributed by atoms with Crippen LogP contribution < -0.4 is 19.9 Å². The van der Waals surface area contributed by atoms with Gasteiger partial charge in [-0.1, -0.05) is 0 Å². The first-order valence-electron chi connectivity index (χ1n) is 22.0. The summed E-state index contributed by atoms with van der Waals surface area (Å²) in [6.07, 6.45) is 7.99. The third kappa shape index (κ3) is 7.92. The van der Waals surface area contributed by atoms with Gasteiger partial charge >= 0.3 is 0 Å². The minimum absolute atomic E-state index is 0.0525. The minimum atomic E-state index is -1.26. The standard InChI is InChI=1S/C45H54F2N10O4/c1-43(8-9-43)61-32-2-3-36-34(21-32)41(52-51-36)37-23-39(50-29-49-37)56-12-5-30(6-13-56)24-53-14-10-44(47,11-15-53)27-54-16-18-55(19-17-54)38-20-31-25-57(42(60)33(31)22-35(38)46)45(28-58)7-4-40(59)48-26-45/h2-3,20-23,28-30H,4-19,24-27H2,1H3,(H,48,59)(H,51,52). The van der Waals surface area contributed by atoms with Crippen LogP contribution in [0.4, 0.5) is 20.3 Å². The van der Waals surface area contributed by atoms with E-state index in [0.717, 1.165) is 98.6 Å². The molecule has 1 aliphatic carbocycles. The quantitative estimate of drug-likeness (QED) is 0.203. The number of nitrogens with one attached hydrogen (secondary N) is 2. The summed E-state index contributed by atoms with van der Waals surface area (Å²) >= 11 is 0. The molecule has 2 amide bonds. The van der Waals surface area contributed by atoms with E-state index in [1.165, 1.54) is 11.0 Å². The number of hydrogen-bond acceptors (Lipinski definition) is 11. The molecule has 5 fully saturated rings. The molecule has 4 saturated heterocycles. The highest BCUT2D eigenvalue weighted by molar-refractivity contribution is 6.01. The number of piperazine rings is 1. The van der Waals surface area contributed by atoms with Gasteiger partial charge in [0.1, 0.15) is 52.5 Å². The first-order chi connectivity index (χ1) is 29.5. The minimum Gasteiger partial charge on any atom is -0.488 e. The molecule has 5 aliphatic heterocycles. The fourth-order valence-electron chi connectivity index (χ4n) is 10.1. The lowest BCUT2D eigenvalue weighted by molar-refractivity contribution is -0.128. The Morgan fingerprint density at radius 2 is 1.69 bits per heavy atom. The number of anilines is 2. The number of likely N-dealkylation sites (tertiary alicyclic amines) is 1. The van der Waals surface area contributed by atoms with Crippen LogP contribution in [0.1, 0.15) is 74.2 Å². The van der Waals surface area contributed by atoms with Crippen LogP contribution in [0.25, 0.3) is 22.3 Å². The molecule has 0 bridgehead atoms. The van der Waals surface area contributed by atoms with Crippen molar-refractivity contribution in [1.29, 1.82) is 0 Å². The summed E-state index contributed by atoms with van der Waals surface area (Å²) in [4.78, 5) is 57.0. The molecule has 2 aromatic heterocycles. The van der Waals surface area contributed by atoms with E-state index in [2.05, 4.69) is 53.2 Å². The average Bonchev–Trinajstić information content (AvgIpc) is 3.70. The highest BCUT2D eigenvalue weighted by Crippen LogP contribution is 2.41. The molecule has 2 N–H and O–H groups in total. The van der Waals surface area contributed by atoms with Crippen LogP contribution >= 0.6 is 0 Å². The van der Waals surface area contributed by atoms with Crippen molar-refractivity contribution < 1.29 is 27.9 Å². The first kappa shape index (κ1) is 39.9. The smallest absolute Gasteiger partial charge is 0.255 e. The van der Waals surface area contributed by atoms with E-state index in [9.17, 15) is 14.4 Å². The molecule has 16 heteroatoms. The van der Waals surface area contributed by atoms with E-state index in [-0.39, 0.29) is 43.0 Å². The second-order valence-corrected chi connectivity index (χ2v) is 18.6. The Hall–Kier alpha value is -5.22. The van der Waals surface area contributed by atoms with Crippen LogP contribution in [0.2, 0.25) is 0 Å².